The second-order valence-corrected chi connectivity index (χ2v) is 6.12. The minimum Gasteiger partial charge on any atom is -0.353 e. The second-order valence-electron chi connectivity index (χ2n) is 6.12. The highest BCUT2D eigenvalue weighted by molar-refractivity contribution is 5.78. The summed E-state index contributed by atoms with van der Waals surface area (Å²) in [5.41, 5.74) is 0. The highest BCUT2D eigenvalue weighted by Crippen LogP contribution is 2.14. The topological polar surface area (TPSA) is 29.1 Å². The van der Waals surface area contributed by atoms with Crippen molar-refractivity contribution >= 4 is 5.91 Å². The van der Waals surface area contributed by atoms with Gasteiger partial charge in [0.2, 0.25) is 5.91 Å². The lowest BCUT2D eigenvalue weighted by atomic mass is 10.1. The first kappa shape index (κ1) is 17.3. The molecule has 0 aromatic carbocycles. The number of nitrogens with one attached hydrogen (secondary N) is 1. The Morgan fingerprint density at radius 3 is 2.30 bits per heavy atom. The van der Waals surface area contributed by atoms with Crippen LogP contribution >= 0.6 is 0 Å². The van der Waals surface area contributed by atoms with E-state index in [0.29, 0.717) is 6.04 Å². The standard InChI is InChI=1S/C18H33NO/c1-2-3-4-5-6-7-8-9-10-11-12-13-14-17-15-16-18(20)19-17/h9-10,17H,2-8,11-16H2,1H3,(H,19,20). The number of carbonyl (C=O) groups is 1. The lowest BCUT2D eigenvalue weighted by Gasteiger charge is -2.08. The van der Waals surface area contributed by atoms with E-state index in [9.17, 15) is 4.79 Å². The maximum atomic E-state index is 11.0. The molecule has 2 nitrogen and oxygen atoms in total. The van der Waals surface area contributed by atoms with Crippen LogP contribution in [0.5, 0.6) is 0 Å². The first-order valence-electron chi connectivity index (χ1n) is 8.77. The molecular formula is C18H33NO. The van der Waals surface area contributed by atoms with Crippen molar-refractivity contribution in [3.63, 3.8) is 0 Å². The van der Waals surface area contributed by atoms with Gasteiger partial charge in [0.05, 0.1) is 0 Å². The highest BCUT2D eigenvalue weighted by Gasteiger charge is 2.19. The smallest absolute Gasteiger partial charge is 0.220 e. The summed E-state index contributed by atoms with van der Waals surface area (Å²) in [5.74, 6) is 0.244. The van der Waals surface area contributed by atoms with Crippen molar-refractivity contribution in [3.8, 4) is 0 Å². The van der Waals surface area contributed by atoms with Gasteiger partial charge in [0.15, 0.2) is 0 Å². The molecule has 1 heterocycles. The van der Waals surface area contributed by atoms with Crippen LogP contribution in [-0.2, 0) is 4.79 Å². The average molecular weight is 279 g/mol. The van der Waals surface area contributed by atoms with E-state index in [0.717, 1.165) is 19.3 Å². The summed E-state index contributed by atoms with van der Waals surface area (Å²) in [6, 6.07) is 0.467. The molecular weight excluding hydrogens is 246 g/mol. The van der Waals surface area contributed by atoms with E-state index in [1.807, 2.05) is 0 Å². The molecule has 0 spiro atoms. The number of carbonyl (C=O) groups excluding carboxylic acids is 1. The molecule has 1 rings (SSSR count). The monoisotopic (exact) mass is 279 g/mol. The van der Waals surface area contributed by atoms with Gasteiger partial charge >= 0.3 is 0 Å². The van der Waals surface area contributed by atoms with Gasteiger partial charge in [-0.25, -0.2) is 0 Å². The van der Waals surface area contributed by atoms with Gasteiger partial charge in [-0.05, 0) is 38.5 Å². The number of rotatable bonds is 12. The molecule has 1 N–H and O–H groups in total. The van der Waals surface area contributed by atoms with Crippen LogP contribution in [0.3, 0.4) is 0 Å². The van der Waals surface area contributed by atoms with Gasteiger partial charge < -0.3 is 5.32 Å². The first-order valence-corrected chi connectivity index (χ1v) is 8.77. The molecule has 1 aliphatic rings. The molecule has 1 atom stereocenters. The first-order chi connectivity index (χ1) is 9.83. The Bertz CT molecular complexity index is 273. The lowest BCUT2D eigenvalue weighted by Crippen LogP contribution is -2.24. The summed E-state index contributed by atoms with van der Waals surface area (Å²) < 4.78 is 0. The molecule has 1 unspecified atom stereocenters. The summed E-state index contributed by atoms with van der Waals surface area (Å²) in [6.07, 6.45) is 20.9. The highest BCUT2D eigenvalue weighted by atomic mass is 16.1. The minimum absolute atomic E-state index is 0.244. The molecule has 2 heteroatoms. The van der Waals surface area contributed by atoms with Crippen molar-refractivity contribution in [3.05, 3.63) is 12.2 Å². The van der Waals surface area contributed by atoms with E-state index in [2.05, 4.69) is 24.4 Å². The van der Waals surface area contributed by atoms with E-state index in [1.54, 1.807) is 0 Å². The lowest BCUT2D eigenvalue weighted by molar-refractivity contribution is -0.119. The van der Waals surface area contributed by atoms with Crippen molar-refractivity contribution in [2.75, 3.05) is 0 Å². The number of unbranched alkanes of at least 4 members (excludes halogenated alkanes) is 8. The molecule has 116 valence electrons. The normalized spacial score (nSPS) is 18.9. The number of allylic oxidation sites excluding steroid dienone is 2. The van der Waals surface area contributed by atoms with E-state index in [1.165, 1.54) is 64.2 Å². The molecule has 0 radical (unpaired) electrons. The summed E-state index contributed by atoms with van der Waals surface area (Å²) in [5, 5.41) is 3.04. The van der Waals surface area contributed by atoms with Crippen LogP contribution in [0.1, 0.15) is 90.4 Å². The van der Waals surface area contributed by atoms with Crippen molar-refractivity contribution in [1.29, 1.82) is 0 Å². The van der Waals surface area contributed by atoms with Crippen molar-refractivity contribution in [2.24, 2.45) is 0 Å². The zero-order valence-electron chi connectivity index (χ0n) is 13.3. The zero-order chi connectivity index (χ0) is 14.5. The molecule has 0 saturated carbocycles. The van der Waals surface area contributed by atoms with Gasteiger partial charge in [0, 0.05) is 12.5 Å². The van der Waals surface area contributed by atoms with E-state index < -0.39 is 0 Å². The van der Waals surface area contributed by atoms with Crippen LogP contribution in [-0.4, -0.2) is 11.9 Å². The summed E-state index contributed by atoms with van der Waals surface area (Å²) in [4.78, 5) is 11.0. The van der Waals surface area contributed by atoms with E-state index in [-0.39, 0.29) is 5.91 Å². The van der Waals surface area contributed by atoms with Crippen molar-refractivity contribution < 1.29 is 4.79 Å². The van der Waals surface area contributed by atoms with Crippen molar-refractivity contribution in [1.82, 2.24) is 5.32 Å². The maximum absolute atomic E-state index is 11.0. The quantitative estimate of drug-likeness (QED) is 0.389. The summed E-state index contributed by atoms with van der Waals surface area (Å²) in [7, 11) is 0. The number of hydrogen-bond donors (Lipinski definition) is 1. The minimum atomic E-state index is 0.244. The summed E-state index contributed by atoms with van der Waals surface area (Å²) >= 11 is 0. The molecule has 1 aliphatic heterocycles. The SMILES string of the molecule is CCCCCCCCC=CCCCCC1CCC(=O)N1. The molecule has 1 amide bonds. The van der Waals surface area contributed by atoms with Gasteiger partial charge in [0.25, 0.3) is 0 Å². The Morgan fingerprint density at radius 1 is 1.00 bits per heavy atom. The fourth-order valence-corrected chi connectivity index (χ4v) is 2.82. The molecule has 1 fully saturated rings. The van der Waals surface area contributed by atoms with Crippen LogP contribution in [0.4, 0.5) is 0 Å². The third-order valence-corrected chi connectivity index (χ3v) is 4.15. The predicted molar refractivity (Wildman–Crippen MR) is 86.8 cm³/mol. The van der Waals surface area contributed by atoms with E-state index >= 15 is 0 Å². The maximum Gasteiger partial charge on any atom is 0.220 e. The largest absolute Gasteiger partial charge is 0.353 e. The van der Waals surface area contributed by atoms with Crippen LogP contribution in [0.25, 0.3) is 0 Å². The third kappa shape index (κ3) is 9.17. The fourth-order valence-electron chi connectivity index (χ4n) is 2.82. The van der Waals surface area contributed by atoms with Crippen LogP contribution < -0.4 is 5.32 Å². The van der Waals surface area contributed by atoms with Gasteiger partial charge in [-0.3, -0.25) is 4.79 Å². The Labute approximate surface area is 125 Å². The Morgan fingerprint density at radius 2 is 1.65 bits per heavy atom. The molecule has 0 bridgehead atoms. The van der Waals surface area contributed by atoms with Gasteiger partial charge in [0.1, 0.15) is 0 Å². The third-order valence-electron chi connectivity index (χ3n) is 4.15. The Kier molecular flexibility index (Phi) is 10.3. The van der Waals surface area contributed by atoms with Crippen LogP contribution in [0.15, 0.2) is 12.2 Å². The molecule has 20 heavy (non-hydrogen) atoms. The fraction of sp³-hybridized carbons (Fsp3) is 0.833. The van der Waals surface area contributed by atoms with Gasteiger partial charge in [-0.1, -0.05) is 57.6 Å². The molecule has 0 aromatic rings. The Hall–Kier alpha value is -0.790. The van der Waals surface area contributed by atoms with Crippen LogP contribution in [0.2, 0.25) is 0 Å². The number of hydrogen-bond acceptors (Lipinski definition) is 1. The predicted octanol–water partition coefficient (Wildman–Crippen LogP) is 5.13. The van der Waals surface area contributed by atoms with Gasteiger partial charge in [-0.2, -0.15) is 0 Å². The second kappa shape index (κ2) is 12.0. The van der Waals surface area contributed by atoms with Gasteiger partial charge in [-0.15, -0.1) is 0 Å². The van der Waals surface area contributed by atoms with E-state index in [4.69, 9.17) is 0 Å². The number of amides is 1. The summed E-state index contributed by atoms with van der Waals surface area (Å²) in [6.45, 7) is 2.27. The average Bonchev–Trinajstić information content (AvgIpc) is 2.86. The van der Waals surface area contributed by atoms with Crippen molar-refractivity contribution in [2.45, 2.75) is 96.4 Å². The Balaban J connectivity index is 1.79. The zero-order valence-corrected chi connectivity index (χ0v) is 13.3. The molecule has 1 saturated heterocycles. The molecule has 0 aliphatic carbocycles. The molecule has 0 aromatic heterocycles. The van der Waals surface area contributed by atoms with Crippen LogP contribution in [0, 0.1) is 0 Å².